The van der Waals surface area contributed by atoms with Gasteiger partial charge in [-0.3, -0.25) is 14.5 Å². The van der Waals surface area contributed by atoms with Crippen molar-refractivity contribution >= 4 is 17.5 Å². The first kappa shape index (κ1) is 18.7. The second-order valence-corrected chi connectivity index (χ2v) is 6.88. The van der Waals surface area contributed by atoms with E-state index < -0.39 is 0 Å². The molecule has 1 aromatic carbocycles. The SMILES string of the molecule is CC(CNC(=O)COc1cccc(NC(=O)C2CC2)c1)N1CCOCC1. The molecule has 1 unspecified atom stereocenters. The summed E-state index contributed by atoms with van der Waals surface area (Å²) in [6, 6.07) is 7.40. The Morgan fingerprint density at radius 2 is 2.08 bits per heavy atom. The first-order chi connectivity index (χ1) is 12.6. The number of hydrogen-bond acceptors (Lipinski definition) is 5. The number of carbonyl (C=O) groups excluding carboxylic acids is 2. The minimum Gasteiger partial charge on any atom is -0.484 e. The second-order valence-electron chi connectivity index (χ2n) is 6.88. The zero-order valence-corrected chi connectivity index (χ0v) is 15.2. The van der Waals surface area contributed by atoms with Gasteiger partial charge in [-0.25, -0.2) is 0 Å². The number of ether oxygens (including phenoxy) is 2. The van der Waals surface area contributed by atoms with Crippen molar-refractivity contribution in [1.82, 2.24) is 10.2 Å². The molecular formula is C19H27N3O4. The van der Waals surface area contributed by atoms with Gasteiger partial charge >= 0.3 is 0 Å². The number of amides is 2. The van der Waals surface area contributed by atoms with Crippen molar-refractivity contribution in [3.05, 3.63) is 24.3 Å². The van der Waals surface area contributed by atoms with Gasteiger partial charge in [0.2, 0.25) is 5.91 Å². The summed E-state index contributed by atoms with van der Waals surface area (Å²) in [6.07, 6.45) is 1.93. The van der Waals surface area contributed by atoms with Crippen molar-refractivity contribution < 1.29 is 19.1 Å². The zero-order valence-electron chi connectivity index (χ0n) is 15.2. The molecule has 1 atom stereocenters. The highest BCUT2D eigenvalue weighted by atomic mass is 16.5. The molecule has 0 bridgehead atoms. The van der Waals surface area contributed by atoms with E-state index in [1.807, 2.05) is 6.07 Å². The summed E-state index contributed by atoms with van der Waals surface area (Å²) in [5, 5.41) is 5.78. The van der Waals surface area contributed by atoms with Gasteiger partial charge in [-0.05, 0) is 31.9 Å². The maximum absolute atomic E-state index is 12.0. The van der Waals surface area contributed by atoms with Crippen LogP contribution in [0.5, 0.6) is 5.75 Å². The molecule has 3 rings (SSSR count). The van der Waals surface area contributed by atoms with Gasteiger partial charge in [-0.15, -0.1) is 0 Å². The molecule has 0 radical (unpaired) electrons. The van der Waals surface area contributed by atoms with Gasteiger partial charge < -0.3 is 20.1 Å². The molecule has 2 aliphatic rings. The molecule has 26 heavy (non-hydrogen) atoms. The minimum atomic E-state index is -0.155. The van der Waals surface area contributed by atoms with E-state index in [-0.39, 0.29) is 30.4 Å². The number of nitrogens with one attached hydrogen (secondary N) is 2. The molecule has 2 amide bonds. The molecule has 142 valence electrons. The summed E-state index contributed by atoms with van der Waals surface area (Å²) < 4.78 is 10.9. The van der Waals surface area contributed by atoms with Crippen molar-refractivity contribution in [2.24, 2.45) is 5.92 Å². The number of nitrogens with zero attached hydrogens (tertiary/aromatic N) is 1. The van der Waals surface area contributed by atoms with Gasteiger partial charge in [-0.1, -0.05) is 6.07 Å². The average Bonchev–Trinajstić information content (AvgIpc) is 3.51. The molecular weight excluding hydrogens is 334 g/mol. The third-order valence-electron chi connectivity index (χ3n) is 4.68. The van der Waals surface area contributed by atoms with E-state index in [4.69, 9.17) is 9.47 Å². The lowest BCUT2D eigenvalue weighted by Crippen LogP contribution is -2.47. The number of benzene rings is 1. The van der Waals surface area contributed by atoms with Crippen LogP contribution in [0.3, 0.4) is 0 Å². The predicted octanol–water partition coefficient (Wildman–Crippen LogP) is 1.25. The van der Waals surface area contributed by atoms with Gasteiger partial charge in [0.25, 0.3) is 5.91 Å². The molecule has 1 saturated carbocycles. The van der Waals surface area contributed by atoms with E-state index in [2.05, 4.69) is 22.5 Å². The molecule has 1 aliphatic heterocycles. The van der Waals surface area contributed by atoms with Gasteiger partial charge in [0.05, 0.1) is 13.2 Å². The molecule has 7 nitrogen and oxygen atoms in total. The Bertz CT molecular complexity index is 627. The predicted molar refractivity (Wildman–Crippen MR) is 98.2 cm³/mol. The summed E-state index contributed by atoms with van der Waals surface area (Å²) >= 11 is 0. The van der Waals surface area contributed by atoms with Crippen LogP contribution in [0.15, 0.2) is 24.3 Å². The molecule has 1 aliphatic carbocycles. The molecule has 1 saturated heterocycles. The quantitative estimate of drug-likeness (QED) is 0.729. The first-order valence-electron chi connectivity index (χ1n) is 9.24. The van der Waals surface area contributed by atoms with E-state index in [1.165, 1.54) is 0 Å². The van der Waals surface area contributed by atoms with Crippen LogP contribution in [0.2, 0.25) is 0 Å². The summed E-state index contributed by atoms with van der Waals surface area (Å²) in [5.41, 5.74) is 0.695. The second kappa shape index (κ2) is 9.00. The van der Waals surface area contributed by atoms with Gasteiger partial charge in [0.1, 0.15) is 5.75 Å². The lowest BCUT2D eigenvalue weighted by atomic mass is 10.2. The lowest BCUT2D eigenvalue weighted by Gasteiger charge is -2.32. The van der Waals surface area contributed by atoms with Crippen LogP contribution in [-0.4, -0.2) is 62.2 Å². The highest BCUT2D eigenvalue weighted by Gasteiger charge is 2.29. The van der Waals surface area contributed by atoms with Crippen molar-refractivity contribution in [1.29, 1.82) is 0 Å². The monoisotopic (exact) mass is 361 g/mol. The molecule has 1 aromatic rings. The standard InChI is InChI=1S/C19H27N3O4/c1-14(22-7-9-25-10-8-22)12-20-18(23)13-26-17-4-2-3-16(11-17)21-19(24)15-5-6-15/h2-4,11,14-15H,5-10,12-13H2,1H3,(H,20,23)(H,21,24). The Balaban J connectivity index is 1.38. The lowest BCUT2D eigenvalue weighted by molar-refractivity contribution is -0.123. The highest BCUT2D eigenvalue weighted by molar-refractivity contribution is 5.94. The highest BCUT2D eigenvalue weighted by Crippen LogP contribution is 2.30. The van der Waals surface area contributed by atoms with Crippen molar-refractivity contribution in [3.8, 4) is 5.75 Å². The third kappa shape index (κ3) is 5.71. The van der Waals surface area contributed by atoms with Crippen LogP contribution in [0.1, 0.15) is 19.8 Å². The zero-order chi connectivity index (χ0) is 18.4. The van der Waals surface area contributed by atoms with Crippen LogP contribution < -0.4 is 15.4 Å². The summed E-state index contributed by atoms with van der Waals surface area (Å²) in [7, 11) is 0. The van der Waals surface area contributed by atoms with Gasteiger partial charge in [-0.2, -0.15) is 0 Å². The normalized spacial score (nSPS) is 18.8. The Hall–Kier alpha value is -2.12. The van der Waals surface area contributed by atoms with Crippen LogP contribution in [-0.2, 0) is 14.3 Å². The van der Waals surface area contributed by atoms with Gasteiger partial charge in [0, 0.05) is 43.3 Å². The van der Waals surface area contributed by atoms with Crippen LogP contribution >= 0.6 is 0 Å². The molecule has 7 heteroatoms. The summed E-state index contributed by atoms with van der Waals surface area (Å²) in [6.45, 7) is 5.91. The molecule has 2 N–H and O–H groups in total. The number of rotatable bonds is 8. The van der Waals surface area contributed by atoms with Crippen molar-refractivity contribution in [2.45, 2.75) is 25.8 Å². The van der Waals surface area contributed by atoms with Crippen LogP contribution in [0, 0.1) is 5.92 Å². The molecule has 2 fully saturated rings. The number of hydrogen-bond donors (Lipinski definition) is 2. The first-order valence-corrected chi connectivity index (χ1v) is 9.24. The van der Waals surface area contributed by atoms with E-state index >= 15 is 0 Å². The maximum Gasteiger partial charge on any atom is 0.257 e. The average molecular weight is 361 g/mol. The van der Waals surface area contributed by atoms with Crippen molar-refractivity contribution in [2.75, 3.05) is 44.8 Å². The third-order valence-corrected chi connectivity index (χ3v) is 4.68. The Morgan fingerprint density at radius 3 is 2.81 bits per heavy atom. The molecule has 1 heterocycles. The number of carbonyl (C=O) groups is 2. The Labute approximate surface area is 154 Å². The maximum atomic E-state index is 12.0. The minimum absolute atomic E-state index is 0.0458. The topological polar surface area (TPSA) is 79.9 Å². The van der Waals surface area contributed by atoms with E-state index in [0.717, 1.165) is 39.1 Å². The van der Waals surface area contributed by atoms with E-state index in [0.29, 0.717) is 18.0 Å². The van der Waals surface area contributed by atoms with Crippen LogP contribution in [0.25, 0.3) is 0 Å². The molecule has 0 spiro atoms. The van der Waals surface area contributed by atoms with Gasteiger partial charge in [0.15, 0.2) is 6.61 Å². The Morgan fingerprint density at radius 1 is 1.31 bits per heavy atom. The number of anilines is 1. The Kier molecular flexibility index (Phi) is 6.46. The van der Waals surface area contributed by atoms with E-state index in [1.54, 1.807) is 18.2 Å². The summed E-state index contributed by atoms with van der Waals surface area (Å²) in [5.74, 6) is 0.614. The van der Waals surface area contributed by atoms with Crippen LogP contribution in [0.4, 0.5) is 5.69 Å². The largest absolute Gasteiger partial charge is 0.484 e. The summed E-state index contributed by atoms with van der Waals surface area (Å²) in [4.78, 5) is 26.1. The van der Waals surface area contributed by atoms with Crippen molar-refractivity contribution in [3.63, 3.8) is 0 Å². The van der Waals surface area contributed by atoms with E-state index in [9.17, 15) is 9.59 Å². The fourth-order valence-corrected chi connectivity index (χ4v) is 2.86. The molecule has 0 aromatic heterocycles. The fourth-order valence-electron chi connectivity index (χ4n) is 2.86. The fraction of sp³-hybridized carbons (Fsp3) is 0.579. The smallest absolute Gasteiger partial charge is 0.257 e. The number of morpholine rings is 1.